The minimum atomic E-state index is -0.729. The number of Topliss-reactive ketones (excluding diaryl/α,β-unsaturated/α-hetero) is 1. The molecule has 0 aliphatic carbocycles. The standard InChI is InChI=1S/C19H26N4O4S/c1-2-7-23-17(20)16(18(25)21-19(23)26)15(24)12-22(10-13-5-3-8-27-13)11-14-6-4-9-28-14/h4,6,9,13H,2-3,5,7-8,10-12,20H2,1H3,(H,21,25,26)/t13-/m1/s1. The van der Waals surface area contributed by atoms with Crippen molar-refractivity contribution in [3.8, 4) is 0 Å². The number of thiophene rings is 1. The molecule has 0 radical (unpaired) electrons. The van der Waals surface area contributed by atoms with E-state index in [0.717, 1.165) is 24.3 Å². The SMILES string of the molecule is CCCn1c(N)c(C(=O)CN(Cc2cccs2)C[C@H]2CCCO2)c(=O)[nH]c1=O. The molecule has 0 saturated carbocycles. The fraction of sp³-hybridized carbons (Fsp3) is 0.526. The van der Waals surface area contributed by atoms with Crippen LogP contribution in [0.4, 0.5) is 5.82 Å². The number of aromatic nitrogens is 2. The number of hydrogen-bond donors (Lipinski definition) is 2. The summed E-state index contributed by atoms with van der Waals surface area (Å²) in [5, 5.41) is 1.99. The monoisotopic (exact) mass is 406 g/mol. The molecule has 9 heteroatoms. The van der Waals surface area contributed by atoms with Crippen LogP contribution in [0.5, 0.6) is 0 Å². The van der Waals surface area contributed by atoms with E-state index in [1.54, 1.807) is 11.3 Å². The van der Waals surface area contributed by atoms with Gasteiger partial charge in [0.1, 0.15) is 11.4 Å². The highest BCUT2D eigenvalue weighted by molar-refractivity contribution is 7.09. The number of nitrogen functional groups attached to an aromatic ring is 1. The van der Waals surface area contributed by atoms with E-state index in [4.69, 9.17) is 10.5 Å². The maximum Gasteiger partial charge on any atom is 0.329 e. The number of ether oxygens (including phenoxy) is 1. The second kappa shape index (κ2) is 9.31. The average Bonchev–Trinajstić information content (AvgIpc) is 3.32. The molecule has 0 unspecified atom stereocenters. The molecule has 0 spiro atoms. The Morgan fingerprint density at radius 3 is 2.93 bits per heavy atom. The molecule has 1 atom stereocenters. The first kappa shape index (κ1) is 20.5. The number of nitrogens with zero attached hydrogens (tertiary/aromatic N) is 2. The Labute approximate surface area is 166 Å². The second-order valence-corrected chi connectivity index (χ2v) is 8.01. The summed E-state index contributed by atoms with van der Waals surface area (Å²) >= 11 is 1.62. The zero-order valence-corrected chi connectivity index (χ0v) is 16.8. The number of anilines is 1. The Morgan fingerprint density at radius 2 is 2.29 bits per heavy atom. The van der Waals surface area contributed by atoms with Crippen molar-refractivity contribution in [2.24, 2.45) is 0 Å². The van der Waals surface area contributed by atoms with Crippen LogP contribution in [0.2, 0.25) is 0 Å². The number of nitrogens with one attached hydrogen (secondary N) is 1. The van der Waals surface area contributed by atoms with E-state index in [1.165, 1.54) is 4.57 Å². The van der Waals surface area contributed by atoms with E-state index in [9.17, 15) is 14.4 Å². The Balaban J connectivity index is 1.83. The summed E-state index contributed by atoms with van der Waals surface area (Å²) < 4.78 is 6.96. The van der Waals surface area contributed by atoms with Crippen LogP contribution < -0.4 is 17.0 Å². The van der Waals surface area contributed by atoms with Crippen molar-refractivity contribution < 1.29 is 9.53 Å². The maximum absolute atomic E-state index is 13.0. The van der Waals surface area contributed by atoms with Gasteiger partial charge in [0, 0.05) is 31.1 Å². The first-order valence-corrected chi connectivity index (χ1v) is 10.4. The van der Waals surface area contributed by atoms with Crippen molar-refractivity contribution in [2.45, 2.75) is 45.4 Å². The van der Waals surface area contributed by atoms with E-state index < -0.39 is 17.0 Å². The van der Waals surface area contributed by atoms with E-state index in [1.807, 2.05) is 29.3 Å². The first-order chi connectivity index (χ1) is 13.5. The third-order valence-corrected chi connectivity index (χ3v) is 5.64. The molecule has 1 saturated heterocycles. The van der Waals surface area contributed by atoms with Gasteiger partial charge in [-0.2, -0.15) is 0 Å². The summed E-state index contributed by atoms with van der Waals surface area (Å²) in [4.78, 5) is 42.6. The molecule has 0 aromatic carbocycles. The highest BCUT2D eigenvalue weighted by atomic mass is 32.1. The zero-order chi connectivity index (χ0) is 20.1. The summed E-state index contributed by atoms with van der Waals surface area (Å²) in [6.45, 7) is 4.21. The molecule has 2 aromatic heterocycles. The molecule has 3 N–H and O–H groups in total. The molecule has 3 heterocycles. The van der Waals surface area contributed by atoms with Crippen LogP contribution >= 0.6 is 11.3 Å². The molecular formula is C19H26N4O4S. The molecule has 0 amide bonds. The molecule has 3 rings (SSSR count). The summed E-state index contributed by atoms with van der Waals surface area (Å²) in [5.41, 5.74) is 4.57. The van der Waals surface area contributed by atoms with Gasteiger partial charge in [0.2, 0.25) is 0 Å². The van der Waals surface area contributed by atoms with Gasteiger partial charge in [0.15, 0.2) is 5.78 Å². The fourth-order valence-electron chi connectivity index (χ4n) is 3.47. The largest absolute Gasteiger partial charge is 0.384 e. The lowest BCUT2D eigenvalue weighted by molar-refractivity contribution is 0.0652. The predicted octanol–water partition coefficient (Wildman–Crippen LogP) is 1.45. The quantitative estimate of drug-likeness (QED) is 0.610. The first-order valence-electron chi connectivity index (χ1n) is 9.51. The van der Waals surface area contributed by atoms with Crippen LogP contribution in [-0.4, -0.2) is 46.0 Å². The third-order valence-electron chi connectivity index (χ3n) is 4.78. The highest BCUT2D eigenvalue weighted by Gasteiger charge is 2.25. The van der Waals surface area contributed by atoms with Crippen molar-refractivity contribution in [2.75, 3.05) is 25.4 Å². The summed E-state index contributed by atoms with van der Waals surface area (Å²) in [6, 6.07) is 3.98. The van der Waals surface area contributed by atoms with Crippen molar-refractivity contribution in [3.63, 3.8) is 0 Å². The maximum atomic E-state index is 13.0. The van der Waals surface area contributed by atoms with E-state index in [-0.39, 0.29) is 24.0 Å². The van der Waals surface area contributed by atoms with Gasteiger partial charge in [-0.1, -0.05) is 13.0 Å². The summed E-state index contributed by atoms with van der Waals surface area (Å²) in [7, 11) is 0. The predicted molar refractivity (Wildman–Crippen MR) is 109 cm³/mol. The van der Waals surface area contributed by atoms with Gasteiger partial charge in [-0.05, 0) is 30.7 Å². The van der Waals surface area contributed by atoms with Crippen molar-refractivity contribution >= 4 is 22.9 Å². The van der Waals surface area contributed by atoms with Crippen LogP contribution in [0.25, 0.3) is 0 Å². The Kier molecular flexibility index (Phi) is 6.82. The number of nitrogens with two attached hydrogens (primary N) is 1. The number of ketones is 1. The topological polar surface area (TPSA) is 110 Å². The van der Waals surface area contributed by atoms with Gasteiger partial charge in [-0.3, -0.25) is 24.0 Å². The van der Waals surface area contributed by atoms with Gasteiger partial charge in [0.25, 0.3) is 5.56 Å². The molecule has 1 fully saturated rings. The minimum Gasteiger partial charge on any atom is -0.384 e. The zero-order valence-electron chi connectivity index (χ0n) is 16.0. The molecule has 8 nitrogen and oxygen atoms in total. The van der Waals surface area contributed by atoms with Crippen LogP contribution in [0.3, 0.4) is 0 Å². The molecule has 152 valence electrons. The third kappa shape index (κ3) is 4.78. The van der Waals surface area contributed by atoms with E-state index >= 15 is 0 Å². The second-order valence-electron chi connectivity index (χ2n) is 6.98. The molecular weight excluding hydrogens is 380 g/mol. The molecule has 1 aliphatic rings. The number of aromatic amines is 1. The number of rotatable bonds is 9. The number of carbonyl (C=O) groups excluding carboxylic acids is 1. The summed E-state index contributed by atoms with van der Waals surface area (Å²) in [5.74, 6) is -0.452. The fourth-order valence-corrected chi connectivity index (χ4v) is 4.22. The normalized spacial score (nSPS) is 16.7. The highest BCUT2D eigenvalue weighted by Crippen LogP contribution is 2.18. The Hall–Kier alpha value is -2.23. The van der Waals surface area contributed by atoms with Gasteiger partial charge < -0.3 is 10.5 Å². The molecule has 0 bridgehead atoms. The van der Waals surface area contributed by atoms with Crippen molar-refractivity contribution in [1.29, 1.82) is 0 Å². The van der Waals surface area contributed by atoms with Crippen LogP contribution in [0, 0.1) is 0 Å². The smallest absolute Gasteiger partial charge is 0.329 e. The van der Waals surface area contributed by atoms with Crippen molar-refractivity contribution in [1.82, 2.24) is 14.5 Å². The number of hydrogen-bond acceptors (Lipinski definition) is 7. The lowest BCUT2D eigenvalue weighted by Gasteiger charge is -2.24. The lowest BCUT2D eigenvalue weighted by Crippen LogP contribution is -2.40. The van der Waals surface area contributed by atoms with Gasteiger partial charge in [-0.15, -0.1) is 11.3 Å². The van der Waals surface area contributed by atoms with Gasteiger partial charge in [0.05, 0.1) is 12.6 Å². The average molecular weight is 407 g/mol. The molecule has 2 aromatic rings. The Morgan fingerprint density at radius 1 is 1.46 bits per heavy atom. The number of H-pyrrole nitrogens is 1. The van der Waals surface area contributed by atoms with Crippen LogP contribution in [0.1, 0.15) is 41.4 Å². The lowest BCUT2D eigenvalue weighted by atomic mass is 10.1. The van der Waals surface area contributed by atoms with Crippen molar-refractivity contribution in [3.05, 3.63) is 48.8 Å². The van der Waals surface area contributed by atoms with Gasteiger partial charge in [-0.25, -0.2) is 4.79 Å². The minimum absolute atomic E-state index is 0.0371. The molecule has 28 heavy (non-hydrogen) atoms. The van der Waals surface area contributed by atoms with E-state index in [2.05, 4.69) is 4.98 Å². The molecule has 1 aliphatic heterocycles. The van der Waals surface area contributed by atoms with Crippen LogP contribution in [0.15, 0.2) is 27.1 Å². The van der Waals surface area contributed by atoms with Gasteiger partial charge >= 0.3 is 5.69 Å². The Bertz CT molecular complexity index is 913. The number of carbonyl (C=O) groups is 1. The summed E-state index contributed by atoms with van der Waals surface area (Å²) in [6.07, 6.45) is 2.71. The van der Waals surface area contributed by atoms with E-state index in [0.29, 0.717) is 26.1 Å². The van der Waals surface area contributed by atoms with Crippen LogP contribution in [-0.2, 0) is 17.8 Å².